The molecule has 0 atom stereocenters. The molecule has 3 aromatic rings. The quantitative estimate of drug-likeness (QED) is 0.412. The molecule has 2 N–H and O–H groups in total. The second-order valence-corrected chi connectivity index (χ2v) is 7.68. The number of pyridine rings is 2. The van der Waals surface area contributed by atoms with Gasteiger partial charge in [0, 0.05) is 24.4 Å². The molecule has 0 saturated heterocycles. The average molecular weight is 487 g/mol. The Morgan fingerprint density at radius 1 is 1.24 bits per heavy atom. The molecule has 34 heavy (non-hydrogen) atoms. The summed E-state index contributed by atoms with van der Waals surface area (Å²) in [5.41, 5.74) is -1.02. The van der Waals surface area contributed by atoms with Crippen molar-refractivity contribution in [2.24, 2.45) is 0 Å². The lowest BCUT2D eigenvalue weighted by molar-refractivity contribution is -0.121. The van der Waals surface area contributed by atoms with Gasteiger partial charge in [-0.2, -0.15) is 14.0 Å². The fourth-order valence-corrected chi connectivity index (χ4v) is 3.36. The molecule has 176 valence electrons. The molecule has 0 aliphatic heterocycles. The van der Waals surface area contributed by atoms with Gasteiger partial charge in [-0.1, -0.05) is 6.07 Å². The van der Waals surface area contributed by atoms with E-state index in [2.05, 4.69) is 25.6 Å². The highest BCUT2D eigenvalue weighted by Gasteiger charge is 2.33. The topological polar surface area (TPSA) is 135 Å². The van der Waals surface area contributed by atoms with E-state index >= 15 is 0 Å². The van der Waals surface area contributed by atoms with Crippen LogP contribution >= 0.6 is 12.0 Å². The lowest BCUT2D eigenvalue weighted by atomic mass is 10.2. The van der Waals surface area contributed by atoms with Crippen LogP contribution < -0.4 is 16.2 Å². The summed E-state index contributed by atoms with van der Waals surface area (Å²) in [6.45, 7) is -1.42. The molecule has 0 saturated carbocycles. The van der Waals surface area contributed by atoms with E-state index in [1.807, 2.05) is 0 Å². The third-order valence-electron chi connectivity index (χ3n) is 4.46. The predicted octanol–water partition coefficient (Wildman–Crippen LogP) is 2.08. The van der Waals surface area contributed by atoms with Gasteiger partial charge in [0.05, 0.1) is 37.0 Å². The van der Waals surface area contributed by atoms with E-state index < -0.39 is 42.0 Å². The summed E-state index contributed by atoms with van der Waals surface area (Å²) in [6.07, 6.45) is 3.82. The number of halogens is 2. The van der Waals surface area contributed by atoms with E-state index in [1.165, 1.54) is 25.4 Å². The fourth-order valence-electron chi connectivity index (χ4n) is 2.82. The van der Waals surface area contributed by atoms with Crippen LogP contribution in [0.1, 0.15) is 17.1 Å². The Morgan fingerprint density at radius 2 is 2.03 bits per heavy atom. The SMILES string of the molecule is COSc1cccnc1CNC(=O)Cn1c(C#N)cnc(NCC(F)(F)c2ccccn2)c1=O. The highest BCUT2D eigenvalue weighted by molar-refractivity contribution is 7.94. The Labute approximate surface area is 197 Å². The van der Waals surface area contributed by atoms with Crippen molar-refractivity contribution in [3.05, 3.63) is 76.4 Å². The van der Waals surface area contributed by atoms with Crippen molar-refractivity contribution in [1.29, 1.82) is 5.26 Å². The normalized spacial score (nSPS) is 11.0. The summed E-state index contributed by atoms with van der Waals surface area (Å²) in [5.74, 6) is -4.40. The van der Waals surface area contributed by atoms with E-state index in [4.69, 9.17) is 4.18 Å². The average Bonchev–Trinajstić information content (AvgIpc) is 2.84. The zero-order valence-electron chi connectivity index (χ0n) is 17.9. The van der Waals surface area contributed by atoms with Crippen molar-refractivity contribution in [3.8, 4) is 6.07 Å². The van der Waals surface area contributed by atoms with Gasteiger partial charge in [-0.15, -0.1) is 0 Å². The van der Waals surface area contributed by atoms with Crippen molar-refractivity contribution in [1.82, 2.24) is 24.8 Å². The number of nitrogens with one attached hydrogen (secondary N) is 2. The number of aromatic nitrogens is 4. The highest BCUT2D eigenvalue weighted by atomic mass is 32.2. The summed E-state index contributed by atoms with van der Waals surface area (Å²) >= 11 is 1.08. The number of alkyl halides is 2. The van der Waals surface area contributed by atoms with E-state index in [-0.39, 0.29) is 12.2 Å². The van der Waals surface area contributed by atoms with Crippen molar-refractivity contribution in [2.75, 3.05) is 19.0 Å². The van der Waals surface area contributed by atoms with Gasteiger partial charge in [-0.25, -0.2) is 4.98 Å². The Hall–Kier alpha value is -3.89. The van der Waals surface area contributed by atoms with Crippen LogP contribution in [0.4, 0.5) is 14.6 Å². The Balaban J connectivity index is 1.72. The number of carbonyl (C=O) groups excluding carboxylic acids is 1. The molecule has 0 aliphatic carbocycles. The highest BCUT2D eigenvalue weighted by Crippen LogP contribution is 2.25. The zero-order chi connectivity index (χ0) is 24.6. The molecule has 0 spiro atoms. The minimum absolute atomic E-state index is 0.0501. The predicted molar refractivity (Wildman–Crippen MR) is 119 cm³/mol. The molecular weight excluding hydrogens is 468 g/mol. The molecule has 0 aliphatic rings. The second-order valence-electron chi connectivity index (χ2n) is 6.74. The number of carbonyl (C=O) groups is 1. The number of nitrogens with zero attached hydrogens (tertiary/aromatic N) is 5. The molecule has 13 heteroatoms. The maximum absolute atomic E-state index is 14.4. The van der Waals surface area contributed by atoms with Crippen LogP contribution in [0, 0.1) is 11.3 Å². The third-order valence-corrected chi connectivity index (χ3v) is 5.18. The summed E-state index contributed by atoms with van der Waals surface area (Å²) in [5, 5.41) is 14.2. The number of amides is 1. The lowest BCUT2D eigenvalue weighted by Crippen LogP contribution is -2.36. The molecule has 0 aromatic carbocycles. The standard InChI is InChI=1S/C21H19F2N7O3S/c1-33-34-16-5-4-8-25-15(16)11-27-18(31)12-30-14(9-24)10-28-19(20(30)32)29-13-21(22,23)17-6-2-3-7-26-17/h2-8,10H,11-13H2,1H3,(H,27,31)(H,28,29). The van der Waals surface area contributed by atoms with E-state index in [0.29, 0.717) is 10.6 Å². The smallest absolute Gasteiger partial charge is 0.306 e. The number of anilines is 1. The van der Waals surface area contributed by atoms with Crippen LogP contribution in [-0.4, -0.2) is 39.1 Å². The Morgan fingerprint density at radius 3 is 2.74 bits per heavy atom. The molecule has 0 bridgehead atoms. The fraction of sp³-hybridized carbons (Fsp3) is 0.238. The molecule has 10 nitrogen and oxygen atoms in total. The van der Waals surface area contributed by atoms with Gasteiger partial charge in [0.1, 0.15) is 24.0 Å². The molecule has 3 aromatic heterocycles. The van der Waals surface area contributed by atoms with Gasteiger partial charge in [0.15, 0.2) is 5.82 Å². The molecule has 0 unspecified atom stereocenters. The first-order chi connectivity index (χ1) is 16.4. The van der Waals surface area contributed by atoms with E-state index in [9.17, 15) is 23.6 Å². The molecular formula is C21H19F2N7O3S. The largest absolute Gasteiger partial charge is 0.359 e. The van der Waals surface area contributed by atoms with Gasteiger partial charge in [-0.3, -0.25) is 24.1 Å². The summed E-state index contributed by atoms with van der Waals surface area (Å²) in [4.78, 5) is 37.5. The summed E-state index contributed by atoms with van der Waals surface area (Å²) in [7, 11) is 1.50. The number of hydrogen-bond donors (Lipinski definition) is 2. The molecule has 0 fully saturated rings. The molecule has 0 radical (unpaired) electrons. The van der Waals surface area contributed by atoms with Crippen LogP contribution in [0.5, 0.6) is 0 Å². The van der Waals surface area contributed by atoms with Crippen molar-refractivity contribution in [2.45, 2.75) is 23.9 Å². The summed E-state index contributed by atoms with van der Waals surface area (Å²) in [6, 6.07) is 9.34. The maximum Gasteiger partial charge on any atom is 0.306 e. The van der Waals surface area contributed by atoms with Gasteiger partial charge >= 0.3 is 5.92 Å². The van der Waals surface area contributed by atoms with Gasteiger partial charge in [0.25, 0.3) is 5.56 Å². The maximum atomic E-state index is 14.4. The summed E-state index contributed by atoms with van der Waals surface area (Å²) < 4.78 is 34.6. The Bertz CT molecular complexity index is 1250. The van der Waals surface area contributed by atoms with E-state index in [1.54, 1.807) is 24.4 Å². The van der Waals surface area contributed by atoms with Crippen molar-refractivity contribution in [3.63, 3.8) is 0 Å². The van der Waals surface area contributed by atoms with Gasteiger partial charge in [-0.05, 0) is 24.3 Å². The van der Waals surface area contributed by atoms with E-state index in [0.717, 1.165) is 28.9 Å². The van der Waals surface area contributed by atoms with Crippen LogP contribution in [0.15, 0.2) is 58.6 Å². The molecule has 3 rings (SSSR count). The van der Waals surface area contributed by atoms with Gasteiger partial charge < -0.3 is 14.8 Å². The minimum atomic E-state index is -3.38. The van der Waals surface area contributed by atoms with Crippen LogP contribution in [-0.2, 0) is 28.0 Å². The van der Waals surface area contributed by atoms with Crippen LogP contribution in [0.3, 0.4) is 0 Å². The van der Waals surface area contributed by atoms with Gasteiger partial charge in [0.2, 0.25) is 5.91 Å². The first kappa shape index (κ1) is 24.7. The van der Waals surface area contributed by atoms with Crippen molar-refractivity contribution < 1.29 is 17.8 Å². The number of hydrogen-bond acceptors (Lipinski definition) is 9. The first-order valence-electron chi connectivity index (χ1n) is 9.80. The molecule has 1 amide bonds. The van der Waals surface area contributed by atoms with Crippen LogP contribution in [0.25, 0.3) is 0 Å². The Kier molecular flexibility index (Phi) is 8.23. The number of nitriles is 1. The van der Waals surface area contributed by atoms with Crippen LogP contribution in [0.2, 0.25) is 0 Å². The first-order valence-corrected chi connectivity index (χ1v) is 10.5. The third kappa shape index (κ3) is 6.12. The molecule has 3 heterocycles. The zero-order valence-corrected chi connectivity index (χ0v) is 18.7. The minimum Gasteiger partial charge on any atom is -0.359 e. The number of rotatable bonds is 10. The lowest BCUT2D eigenvalue weighted by Gasteiger charge is -2.17. The second kappa shape index (κ2) is 11.3. The monoisotopic (exact) mass is 487 g/mol. The van der Waals surface area contributed by atoms with Crippen molar-refractivity contribution >= 4 is 23.8 Å².